The Morgan fingerprint density at radius 2 is 1.13 bits per heavy atom. The van der Waals surface area contributed by atoms with E-state index in [-0.39, 0.29) is 11.5 Å². The summed E-state index contributed by atoms with van der Waals surface area (Å²) in [7, 11) is 1.90. The molecule has 318 valence electrons. The summed E-state index contributed by atoms with van der Waals surface area (Å²) in [5.41, 5.74) is 1.99. The zero-order chi connectivity index (χ0) is 43.2. The summed E-state index contributed by atoms with van der Waals surface area (Å²) in [6, 6.07) is 25.9. The molecule has 4 aromatic carbocycles. The predicted molar refractivity (Wildman–Crippen MR) is 233 cm³/mol. The van der Waals surface area contributed by atoms with Crippen molar-refractivity contribution in [3.05, 3.63) is 138 Å². The van der Waals surface area contributed by atoms with Crippen molar-refractivity contribution in [1.82, 2.24) is 4.57 Å². The number of unbranched alkanes of at least 4 members (excludes halogenated alkanes) is 6. The van der Waals surface area contributed by atoms with Crippen LogP contribution in [0, 0.1) is 0 Å². The number of carbonyl (C=O) groups excluding carboxylic acids is 4. The maximum atomic E-state index is 13.3. The molecule has 0 unspecified atom stereocenters. The Bertz CT molecular complexity index is 2360. The van der Waals surface area contributed by atoms with Gasteiger partial charge in [-0.3, -0.25) is 0 Å². The molecule has 5 aromatic rings. The lowest BCUT2D eigenvalue weighted by molar-refractivity contribution is -0.138. The minimum Gasteiger partial charge on any atom is -0.494 e. The quantitative estimate of drug-likeness (QED) is 0.0147. The van der Waals surface area contributed by atoms with Crippen LogP contribution in [0.5, 0.6) is 23.0 Å². The maximum Gasteiger partial charge on any atom is 0.343 e. The van der Waals surface area contributed by atoms with E-state index in [9.17, 15) is 19.2 Å². The molecule has 1 heterocycles. The fraction of sp³-hybridized carbons (Fsp3) is 0.277. The van der Waals surface area contributed by atoms with Crippen LogP contribution in [0.1, 0.15) is 77.6 Å². The number of ether oxygens (including phenoxy) is 6. The lowest BCUT2D eigenvalue weighted by Gasteiger charge is -2.11. The van der Waals surface area contributed by atoms with E-state index in [1.165, 1.54) is 29.7 Å². The van der Waals surface area contributed by atoms with E-state index in [4.69, 9.17) is 28.4 Å². The molecule has 0 fully saturated rings. The van der Waals surface area contributed by atoms with Crippen LogP contribution in [0.2, 0.25) is 0 Å². The minimum atomic E-state index is -0.607. The smallest absolute Gasteiger partial charge is 0.343 e. The highest BCUT2D eigenvalue weighted by molar-refractivity contribution is 7.16. The Hall–Kier alpha value is -6.80. The highest BCUT2D eigenvalue weighted by atomic mass is 32.1. The van der Waals surface area contributed by atoms with E-state index in [0.717, 1.165) is 73.7 Å². The summed E-state index contributed by atoms with van der Waals surface area (Å²) in [5.74, 6) is -0.411. The van der Waals surface area contributed by atoms with Gasteiger partial charge in [0.1, 0.15) is 23.0 Å². The summed E-state index contributed by atoms with van der Waals surface area (Å²) in [4.78, 5) is 49.4. The van der Waals surface area contributed by atoms with Crippen molar-refractivity contribution in [3.63, 3.8) is 0 Å². The molecular formula is C47H49N3O10S. The highest BCUT2D eigenvalue weighted by Crippen LogP contribution is 2.26. The average molecular weight is 848 g/mol. The average Bonchev–Trinajstić information content (AvgIpc) is 3.60. The van der Waals surface area contributed by atoms with Crippen LogP contribution in [0.15, 0.2) is 127 Å². The van der Waals surface area contributed by atoms with E-state index < -0.39 is 23.9 Å². The van der Waals surface area contributed by atoms with Crippen molar-refractivity contribution in [2.75, 3.05) is 26.4 Å². The molecule has 0 saturated heterocycles. The fourth-order valence-corrected chi connectivity index (χ4v) is 6.74. The number of aromatic nitrogens is 1. The van der Waals surface area contributed by atoms with E-state index in [2.05, 4.69) is 23.4 Å². The van der Waals surface area contributed by atoms with Gasteiger partial charge in [-0.2, -0.15) is 5.10 Å². The Morgan fingerprint density at radius 3 is 1.67 bits per heavy atom. The SMILES string of the molecule is C=CC(=O)OCCCCCCOc1ccc(C(=O)Oc2ccc(OC(=O)c3ccc(OCCCCCCOC(=O)C=C)cc3)c(/C=N/N=c3/sc4ccccc4n3C)c2)cc1. The number of carbonyl (C=O) groups is 4. The van der Waals surface area contributed by atoms with Crippen molar-refractivity contribution in [1.29, 1.82) is 0 Å². The number of fused-ring (bicyclic) bond motifs is 1. The molecule has 5 rings (SSSR count). The summed E-state index contributed by atoms with van der Waals surface area (Å²) in [6.45, 7) is 8.50. The van der Waals surface area contributed by atoms with Crippen LogP contribution < -0.4 is 23.7 Å². The molecule has 0 N–H and O–H groups in total. The summed E-state index contributed by atoms with van der Waals surface area (Å²) < 4.78 is 36.1. The number of hydrogen-bond acceptors (Lipinski definition) is 13. The molecule has 0 amide bonds. The largest absolute Gasteiger partial charge is 0.494 e. The Morgan fingerprint density at radius 1 is 0.623 bits per heavy atom. The molecule has 0 saturated carbocycles. The molecule has 0 spiro atoms. The van der Waals surface area contributed by atoms with Crippen LogP contribution in [0.3, 0.4) is 0 Å². The van der Waals surface area contributed by atoms with Crippen molar-refractivity contribution in [2.24, 2.45) is 17.3 Å². The van der Waals surface area contributed by atoms with E-state index in [0.29, 0.717) is 59.4 Å². The summed E-state index contributed by atoms with van der Waals surface area (Å²) >= 11 is 1.48. The van der Waals surface area contributed by atoms with Crippen molar-refractivity contribution in [3.8, 4) is 23.0 Å². The molecule has 0 aliphatic heterocycles. The normalized spacial score (nSPS) is 11.3. The van der Waals surface area contributed by atoms with Crippen molar-refractivity contribution >= 4 is 51.6 Å². The number of para-hydroxylation sites is 1. The van der Waals surface area contributed by atoms with E-state index in [1.54, 1.807) is 54.6 Å². The number of esters is 4. The van der Waals surface area contributed by atoms with Crippen LogP contribution in [-0.2, 0) is 26.1 Å². The fourth-order valence-electron chi connectivity index (χ4n) is 5.76. The molecule has 0 radical (unpaired) electrons. The molecule has 0 bridgehead atoms. The van der Waals surface area contributed by atoms with Crippen LogP contribution in [-0.4, -0.2) is 61.1 Å². The van der Waals surface area contributed by atoms with Gasteiger partial charge in [0.15, 0.2) is 0 Å². The molecule has 13 nitrogen and oxygen atoms in total. The zero-order valence-electron chi connectivity index (χ0n) is 34.1. The second-order valence-electron chi connectivity index (χ2n) is 13.6. The zero-order valence-corrected chi connectivity index (χ0v) is 34.9. The van der Waals surface area contributed by atoms with E-state index >= 15 is 0 Å². The van der Waals surface area contributed by atoms with Crippen LogP contribution >= 0.6 is 11.3 Å². The second-order valence-corrected chi connectivity index (χ2v) is 14.6. The van der Waals surface area contributed by atoms with Gasteiger partial charge in [0.2, 0.25) is 4.80 Å². The standard InChI is InChI=1S/C47H49N3O10S/c1-4-43(51)57-30-14-8-6-12-28-55-37-22-18-34(19-23-37)45(53)59-39-26-27-41(36(32-39)33-48-49-47-50(3)40-16-10-11-17-42(40)61-47)60-46(54)35-20-24-38(25-21-35)56-29-13-7-9-15-31-58-44(52)5-2/h4-5,10-11,16-27,32-33H,1-2,6-9,12-15,28-31H2,3H3/b48-33+,49-47+. The molecular weight excluding hydrogens is 799 g/mol. The monoisotopic (exact) mass is 847 g/mol. The topological polar surface area (TPSA) is 153 Å². The molecule has 1 aromatic heterocycles. The van der Waals surface area contributed by atoms with Gasteiger partial charge in [-0.15, -0.1) is 5.10 Å². The van der Waals surface area contributed by atoms with Gasteiger partial charge in [0.25, 0.3) is 0 Å². The van der Waals surface area contributed by atoms with Crippen LogP contribution in [0.4, 0.5) is 0 Å². The van der Waals surface area contributed by atoms with Gasteiger partial charge in [-0.1, -0.05) is 36.6 Å². The van der Waals surface area contributed by atoms with Crippen molar-refractivity contribution in [2.45, 2.75) is 51.4 Å². The Balaban J connectivity index is 1.19. The van der Waals surface area contributed by atoms with Gasteiger partial charge in [-0.05, 0) is 130 Å². The third-order valence-electron chi connectivity index (χ3n) is 9.07. The number of rotatable bonds is 24. The summed E-state index contributed by atoms with van der Waals surface area (Å²) in [6.07, 6.45) is 10.6. The molecule has 14 heteroatoms. The first-order valence-electron chi connectivity index (χ1n) is 20.0. The van der Waals surface area contributed by atoms with Gasteiger partial charge in [0, 0.05) is 24.8 Å². The molecule has 0 atom stereocenters. The number of hydrogen-bond donors (Lipinski definition) is 0. The molecule has 0 aliphatic rings. The first kappa shape index (κ1) is 45.3. The van der Waals surface area contributed by atoms with Crippen LogP contribution in [0.25, 0.3) is 10.2 Å². The van der Waals surface area contributed by atoms with Gasteiger partial charge in [-0.25, -0.2) is 19.2 Å². The number of benzene rings is 4. The minimum absolute atomic E-state index is 0.182. The number of aryl methyl sites for hydroxylation is 1. The third kappa shape index (κ3) is 14.8. The lowest BCUT2D eigenvalue weighted by Crippen LogP contribution is -2.11. The number of thiazole rings is 1. The molecule has 61 heavy (non-hydrogen) atoms. The van der Waals surface area contributed by atoms with Gasteiger partial charge in [0.05, 0.1) is 54.0 Å². The predicted octanol–water partition coefficient (Wildman–Crippen LogP) is 8.95. The lowest BCUT2D eigenvalue weighted by atomic mass is 10.2. The van der Waals surface area contributed by atoms with E-state index in [1.807, 2.05) is 35.9 Å². The first-order valence-corrected chi connectivity index (χ1v) is 20.8. The van der Waals surface area contributed by atoms with Gasteiger partial charge >= 0.3 is 23.9 Å². The maximum absolute atomic E-state index is 13.3. The first-order chi connectivity index (χ1) is 29.7. The molecule has 0 aliphatic carbocycles. The van der Waals surface area contributed by atoms with Gasteiger partial charge < -0.3 is 33.0 Å². The highest BCUT2D eigenvalue weighted by Gasteiger charge is 2.15. The number of nitrogens with zero attached hydrogens (tertiary/aromatic N) is 3. The Labute approximate surface area is 358 Å². The third-order valence-corrected chi connectivity index (χ3v) is 10.2. The second kappa shape index (κ2) is 24.3. The Kier molecular flexibility index (Phi) is 18.1. The van der Waals surface area contributed by atoms with Crippen molar-refractivity contribution < 1.29 is 47.6 Å². The summed E-state index contributed by atoms with van der Waals surface area (Å²) in [5, 5.41) is 8.74.